The Labute approximate surface area is 150 Å². The number of amides is 1. The van der Waals surface area contributed by atoms with Crippen LogP contribution < -0.4 is 10.2 Å². The summed E-state index contributed by atoms with van der Waals surface area (Å²) in [4.78, 5) is 25.3. The second-order valence-corrected chi connectivity index (χ2v) is 6.83. The Balaban J connectivity index is 1.63. The van der Waals surface area contributed by atoms with Crippen LogP contribution in [-0.4, -0.2) is 30.1 Å². The van der Waals surface area contributed by atoms with Crippen molar-refractivity contribution >= 4 is 17.6 Å². The Morgan fingerprint density at radius 1 is 1.27 bits per heavy atom. The number of halogens is 1. The third-order valence-corrected chi connectivity index (χ3v) is 5.25. The Morgan fingerprint density at radius 3 is 2.77 bits per heavy atom. The highest BCUT2D eigenvalue weighted by molar-refractivity contribution is 6.00. The number of carboxylic acids is 1. The molecule has 2 N–H and O–H groups in total. The van der Waals surface area contributed by atoms with E-state index in [0.717, 1.165) is 29.8 Å². The first-order valence-corrected chi connectivity index (χ1v) is 8.66. The minimum atomic E-state index is -1.23. The van der Waals surface area contributed by atoms with Crippen LogP contribution in [-0.2, 0) is 22.6 Å². The number of benzene rings is 2. The Kier molecular flexibility index (Phi) is 4.11. The van der Waals surface area contributed by atoms with Crippen molar-refractivity contribution in [2.45, 2.75) is 18.9 Å². The van der Waals surface area contributed by atoms with Gasteiger partial charge in [0, 0.05) is 31.2 Å². The second-order valence-electron chi connectivity index (χ2n) is 6.83. The van der Waals surface area contributed by atoms with Gasteiger partial charge < -0.3 is 15.3 Å². The number of hydrogen-bond acceptors (Lipinski definition) is 3. The third-order valence-electron chi connectivity index (χ3n) is 5.25. The molecule has 0 spiro atoms. The summed E-state index contributed by atoms with van der Waals surface area (Å²) in [6, 6.07) is 13.2. The van der Waals surface area contributed by atoms with Gasteiger partial charge in [0.2, 0.25) is 5.91 Å². The number of carboxylic acid groups (broad SMARTS) is 1. The molecule has 2 unspecified atom stereocenters. The fourth-order valence-electron chi connectivity index (χ4n) is 3.94. The molecule has 2 aliphatic rings. The number of carbonyl (C=O) groups is 2. The highest BCUT2D eigenvalue weighted by Crippen LogP contribution is 2.37. The van der Waals surface area contributed by atoms with Crippen molar-refractivity contribution in [1.29, 1.82) is 0 Å². The molecule has 2 aromatic carbocycles. The minimum absolute atomic E-state index is 0.152. The number of nitrogens with zero attached hydrogens (tertiary/aromatic N) is 1. The zero-order valence-electron chi connectivity index (χ0n) is 14.1. The van der Waals surface area contributed by atoms with E-state index in [0.29, 0.717) is 12.1 Å². The van der Waals surface area contributed by atoms with Crippen molar-refractivity contribution in [3.63, 3.8) is 0 Å². The van der Waals surface area contributed by atoms with Crippen LogP contribution in [0.2, 0.25) is 0 Å². The summed E-state index contributed by atoms with van der Waals surface area (Å²) in [5, 5.41) is 11.9. The highest BCUT2D eigenvalue weighted by Gasteiger charge is 2.42. The topological polar surface area (TPSA) is 69.6 Å². The van der Waals surface area contributed by atoms with Gasteiger partial charge >= 0.3 is 5.97 Å². The smallest absolute Gasteiger partial charge is 0.316 e. The van der Waals surface area contributed by atoms with Gasteiger partial charge in [0.15, 0.2) is 0 Å². The predicted octanol–water partition coefficient (Wildman–Crippen LogP) is 2.30. The molecule has 0 saturated carbocycles. The van der Waals surface area contributed by atoms with E-state index < -0.39 is 29.5 Å². The molecule has 2 aromatic rings. The molecule has 1 saturated heterocycles. The Hall–Kier alpha value is -2.89. The van der Waals surface area contributed by atoms with Gasteiger partial charge in [0.25, 0.3) is 0 Å². The zero-order valence-corrected chi connectivity index (χ0v) is 14.1. The number of rotatable bonds is 4. The summed E-state index contributed by atoms with van der Waals surface area (Å²) >= 11 is 0. The van der Waals surface area contributed by atoms with Crippen molar-refractivity contribution in [3.05, 3.63) is 65.0 Å². The van der Waals surface area contributed by atoms with Crippen LogP contribution in [0.25, 0.3) is 0 Å². The van der Waals surface area contributed by atoms with Crippen LogP contribution in [0, 0.1) is 11.7 Å². The highest BCUT2D eigenvalue weighted by atomic mass is 19.1. The van der Waals surface area contributed by atoms with E-state index in [1.807, 2.05) is 30.3 Å². The summed E-state index contributed by atoms with van der Waals surface area (Å²) in [5.74, 6) is -4.11. The Bertz CT molecular complexity index is 869. The molecular formula is C20H19FN2O3. The lowest BCUT2D eigenvalue weighted by molar-refractivity contribution is -0.145. The van der Waals surface area contributed by atoms with Crippen molar-refractivity contribution in [2.24, 2.45) is 5.92 Å². The van der Waals surface area contributed by atoms with Gasteiger partial charge in [-0.3, -0.25) is 9.59 Å². The average Bonchev–Trinajstić information content (AvgIpc) is 3.19. The lowest BCUT2D eigenvalue weighted by atomic mass is 9.87. The molecule has 2 atom stereocenters. The number of carbonyl (C=O) groups excluding carboxylic acids is 1. The number of anilines is 1. The summed E-state index contributed by atoms with van der Waals surface area (Å²) in [5.41, 5.74) is 3.32. The van der Waals surface area contributed by atoms with Gasteiger partial charge in [0.05, 0.1) is 0 Å². The number of hydrogen-bond donors (Lipinski definition) is 2. The zero-order chi connectivity index (χ0) is 18.3. The van der Waals surface area contributed by atoms with Gasteiger partial charge in [-0.25, -0.2) is 4.39 Å². The summed E-state index contributed by atoms with van der Waals surface area (Å²) in [6.07, 6.45) is 0.779. The van der Waals surface area contributed by atoms with Crippen LogP contribution in [0.15, 0.2) is 42.5 Å². The number of aliphatic carboxylic acids is 1. The van der Waals surface area contributed by atoms with Crippen LogP contribution in [0.4, 0.5) is 10.1 Å². The maximum absolute atomic E-state index is 14.8. The minimum Gasteiger partial charge on any atom is -0.481 e. The van der Waals surface area contributed by atoms with E-state index in [-0.39, 0.29) is 6.54 Å². The average molecular weight is 354 g/mol. The van der Waals surface area contributed by atoms with Crippen molar-refractivity contribution in [3.8, 4) is 0 Å². The first-order chi connectivity index (χ1) is 12.5. The number of fused-ring (bicyclic) bond motifs is 1. The quantitative estimate of drug-likeness (QED) is 0.827. The molecule has 6 heteroatoms. The molecule has 2 aliphatic heterocycles. The second kappa shape index (κ2) is 6.44. The summed E-state index contributed by atoms with van der Waals surface area (Å²) in [6.45, 7) is 1.64. The van der Waals surface area contributed by atoms with Gasteiger partial charge in [-0.05, 0) is 29.2 Å². The summed E-state index contributed by atoms with van der Waals surface area (Å²) < 4.78 is 14.8. The lowest BCUT2D eigenvalue weighted by Gasteiger charge is -2.21. The fourth-order valence-corrected chi connectivity index (χ4v) is 3.94. The molecule has 5 nitrogen and oxygen atoms in total. The first kappa shape index (κ1) is 16.6. The Morgan fingerprint density at radius 2 is 2.04 bits per heavy atom. The van der Waals surface area contributed by atoms with E-state index in [4.69, 9.17) is 0 Å². The maximum atomic E-state index is 14.8. The molecule has 1 fully saturated rings. The van der Waals surface area contributed by atoms with Gasteiger partial charge in [-0.1, -0.05) is 36.4 Å². The molecule has 0 aromatic heterocycles. The molecule has 26 heavy (non-hydrogen) atoms. The van der Waals surface area contributed by atoms with E-state index >= 15 is 0 Å². The van der Waals surface area contributed by atoms with Crippen LogP contribution in [0.5, 0.6) is 0 Å². The molecule has 2 heterocycles. The molecule has 0 bridgehead atoms. The van der Waals surface area contributed by atoms with E-state index in [2.05, 4.69) is 10.2 Å². The molecule has 0 aliphatic carbocycles. The van der Waals surface area contributed by atoms with Crippen LogP contribution >= 0.6 is 0 Å². The van der Waals surface area contributed by atoms with Gasteiger partial charge in [-0.15, -0.1) is 0 Å². The monoisotopic (exact) mass is 354 g/mol. The lowest BCUT2D eigenvalue weighted by Crippen LogP contribution is -2.27. The molecule has 0 radical (unpaired) electrons. The fraction of sp³-hybridized carbons (Fsp3) is 0.300. The van der Waals surface area contributed by atoms with Crippen molar-refractivity contribution in [2.75, 3.05) is 18.0 Å². The number of nitrogens with one attached hydrogen (secondary N) is 1. The van der Waals surface area contributed by atoms with Gasteiger partial charge in [0.1, 0.15) is 11.7 Å². The van der Waals surface area contributed by atoms with Gasteiger partial charge in [-0.2, -0.15) is 0 Å². The molecule has 4 rings (SSSR count). The van der Waals surface area contributed by atoms with E-state index in [1.165, 1.54) is 6.07 Å². The van der Waals surface area contributed by atoms with Crippen LogP contribution in [0.1, 0.15) is 22.6 Å². The first-order valence-electron chi connectivity index (χ1n) is 8.66. The SMILES string of the molecule is O=C(O)C1C(=O)NCC1c1cc2c(cc1F)N(Cc1ccccc1)CC2. The van der Waals surface area contributed by atoms with E-state index in [9.17, 15) is 19.1 Å². The van der Waals surface area contributed by atoms with Crippen molar-refractivity contribution < 1.29 is 19.1 Å². The molecule has 134 valence electrons. The van der Waals surface area contributed by atoms with E-state index in [1.54, 1.807) is 6.07 Å². The predicted molar refractivity (Wildman–Crippen MR) is 94.5 cm³/mol. The van der Waals surface area contributed by atoms with Crippen LogP contribution in [0.3, 0.4) is 0 Å². The standard InChI is InChI=1S/C20H19FN2O3/c21-16-9-17-13(6-7-23(17)11-12-4-2-1-3-5-12)8-14(16)15-10-22-19(24)18(15)20(25)26/h1-5,8-9,15,18H,6-7,10-11H2,(H,22,24)(H,25,26). The third kappa shape index (κ3) is 2.81. The molecule has 1 amide bonds. The molecular weight excluding hydrogens is 335 g/mol. The maximum Gasteiger partial charge on any atom is 0.316 e. The largest absolute Gasteiger partial charge is 0.481 e. The van der Waals surface area contributed by atoms with Crippen molar-refractivity contribution in [1.82, 2.24) is 5.32 Å². The summed E-state index contributed by atoms with van der Waals surface area (Å²) in [7, 11) is 0. The normalized spacial score (nSPS) is 21.6.